The van der Waals surface area contributed by atoms with Gasteiger partial charge in [0.1, 0.15) is 17.8 Å². The Labute approximate surface area is 108 Å². The maximum atomic E-state index is 12.2. The molecule has 0 saturated carbocycles. The summed E-state index contributed by atoms with van der Waals surface area (Å²) in [6, 6.07) is 1.80. The molecule has 0 unspecified atom stereocenters. The van der Waals surface area contributed by atoms with Crippen molar-refractivity contribution in [3.05, 3.63) is 18.1 Å². The van der Waals surface area contributed by atoms with Crippen molar-refractivity contribution in [1.29, 1.82) is 0 Å². The van der Waals surface area contributed by atoms with Crippen LogP contribution in [0.2, 0.25) is 0 Å². The van der Waals surface area contributed by atoms with E-state index in [0.29, 0.717) is 5.69 Å². The molecular weight excluding hydrogens is 228 g/mol. The Hall–Kier alpha value is -1.65. The van der Waals surface area contributed by atoms with Gasteiger partial charge >= 0.3 is 0 Å². The summed E-state index contributed by atoms with van der Waals surface area (Å²) in [5.41, 5.74) is 0.508. The van der Waals surface area contributed by atoms with Crippen molar-refractivity contribution in [1.82, 2.24) is 14.9 Å². The van der Waals surface area contributed by atoms with E-state index in [1.807, 2.05) is 4.90 Å². The first kappa shape index (κ1) is 12.8. The molecule has 0 bridgehead atoms. The minimum Gasteiger partial charge on any atom is -0.357 e. The van der Waals surface area contributed by atoms with E-state index < -0.39 is 0 Å². The number of aromatic nitrogens is 2. The maximum absolute atomic E-state index is 12.2. The van der Waals surface area contributed by atoms with E-state index in [-0.39, 0.29) is 5.91 Å². The highest BCUT2D eigenvalue weighted by molar-refractivity contribution is 5.93. The standard InChI is InChI=1S/C13H20N4O/c1-3-16(4-2)12-9-11(14-10-15-12)13(18)17-7-5-6-8-17/h9-10H,3-8H2,1-2H3. The van der Waals surface area contributed by atoms with Gasteiger partial charge in [0, 0.05) is 32.2 Å². The first-order chi connectivity index (χ1) is 8.76. The van der Waals surface area contributed by atoms with Crippen molar-refractivity contribution < 1.29 is 4.79 Å². The fourth-order valence-corrected chi connectivity index (χ4v) is 2.27. The van der Waals surface area contributed by atoms with Gasteiger partial charge in [-0.25, -0.2) is 9.97 Å². The van der Waals surface area contributed by atoms with Crippen LogP contribution < -0.4 is 4.90 Å². The summed E-state index contributed by atoms with van der Waals surface area (Å²) in [6.07, 6.45) is 3.68. The lowest BCUT2D eigenvalue weighted by Crippen LogP contribution is -2.29. The fourth-order valence-electron chi connectivity index (χ4n) is 2.27. The molecule has 1 fully saturated rings. The smallest absolute Gasteiger partial charge is 0.272 e. The Bertz CT molecular complexity index is 411. The highest BCUT2D eigenvalue weighted by Crippen LogP contribution is 2.15. The first-order valence-corrected chi connectivity index (χ1v) is 6.62. The minimum absolute atomic E-state index is 0.0308. The third kappa shape index (κ3) is 2.60. The van der Waals surface area contributed by atoms with Crippen molar-refractivity contribution in [2.24, 2.45) is 0 Å². The Balaban J connectivity index is 2.18. The molecule has 1 aromatic rings. The number of rotatable bonds is 4. The maximum Gasteiger partial charge on any atom is 0.272 e. The molecule has 2 rings (SSSR count). The molecule has 0 radical (unpaired) electrons. The van der Waals surface area contributed by atoms with Crippen LogP contribution in [-0.2, 0) is 0 Å². The summed E-state index contributed by atoms with van der Waals surface area (Å²) < 4.78 is 0. The average molecular weight is 248 g/mol. The molecule has 1 aliphatic rings. The molecule has 0 N–H and O–H groups in total. The van der Waals surface area contributed by atoms with Gasteiger partial charge in [-0.1, -0.05) is 0 Å². The van der Waals surface area contributed by atoms with E-state index in [9.17, 15) is 4.79 Å². The average Bonchev–Trinajstić information content (AvgIpc) is 2.94. The van der Waals surface area contributed by atoms with Crippen LogP contribution >= 0.6 is 0 Å². The molecule has 0 atom stereocenters. The lowest BCUT2D eigenvalue weighted by Gasteiger charge is -2.20. The van der Waals surface area contributed by atoms with E-state index in [4.69, 9.17) is 0 Å². The van der Waals surface area contributed by atoms with Gasteiger partial charge in [0.05, 0.1) is 0 Å². The van der Waals surface area contributed by atoms with E-state index in [2.05, 4.69) is 28.7 Å². The molecule has 5 nitrogen and oxygen atoms in total. The van der Waals surface area contributed by atoms with Gasteiger partial charge in [0.25, 0.3) is 5.91 Å². The molecule has 98 valence electrons. The summed E-state index contributed by atoms with van der Waals surface area (Å²) in [4.78, 5) is 24.5. The number of nitrogens with zero attached hydrogens (tertiary/aromatic N) is 4. The number of likely N-dealkylation sites (tertiary alicyclic amines) is 1. The van der Waals surface area contributed by atoms with E-state index in [0.717, 1.165) is 44.8 Å². The van der Waals surface area contributed by atoms with Gasteiger partial charge in [-0.2, -0.15) is 0 Å². The summed E-state index contributed by atoms with van der Waals surface area (Å²) in [6.45, 7) is 7.61. The molecule has 0 spiro atoms. The lowest BCUT2D eigenvalue weighted by molar-refractivity contribution is 0.0787. The number of anilines is 1. The molecule has 1 amide bonds. The van der Waals surface area contributed by atoms with Gasteiger partial charge in [0.15, 0.2) is 0 Å². The van der Waals surface area contributed by atoms with Crippen LogP contribution in [0.25, 0.3) is 0 Å². The quantitative estimate of drug-likeness (QED) is 0.811. The summed E-state index contributed by atoms with van der Waals surface area (Å²) in [5, 5.41) is 0. The van der Waals surface area contributed by atoms with E-state index in [1.54, 1.807) is 6.07 Å². The van der Waals surface area contributed by atoms with Crippen LogP contribution in [0, 0.1) is 0 Å². The normalized spacial score (nSPS) is 14.9. The number of amides is 1. The second-order valence-corrected chi connectivity index (χ2v) is 4.43. The van der Waals surface area contributed by atoms with Crippen LogP contribution in [0.4, 0.5) is 5.82 Å². The number of carbonyl (C=O) groups excluding carboxylic acids is 1. The predicted octanol–water partition coefficient (Wildman–Crippen LogP) is 1.56. The SMILES string of the molecule is CCN(CC)c1cc(C(=O)N2CCCC2)ncn1. The van der Waals surface area contributed by atoms with Crippen LogP contribution in [0.5, 0.6) is 0 Å². The van der Waals surface area contributed by atoms with Crippen LogP contribution in [0.15, 0.2) is 12.4 Å². The van der Waals surface area contributed by atoms with Crippen molar-refractivity contribution in [3.8, 4) is 0 Å². The van der Waals surface area contributed by atoms with Crippen molar-refractivity contribution >= 4 is 11.7 Å². The second kappa shape index (κ2) is 5.80. The van der Waals surface area contributed by atoms with E-state index in [1.165, 1.54) is 6.33 Å². The Morgan fingerprint density at radius 1 is 1.28 bits per heavy atom. The van der Waals surface area contributed by atoms with Crippen LogP contribution in [0.3, 0.4) is 0 Å². The summed E-state index contributed by atoms with van der Waals surface area (Å²) >= 11 is 0. The van der Waals surface area contributed by atoms with Crippen molar-refractivity contribution in [2.45, 2.75) is 26.7 Å². The lowest BCUT2D eigenvalue weighted by atomic mass is 10.3. The molecule has 18 heavy (non-hydrogen) atoms. The largest absolute Gasteiger partial charge is 0.357 e. The molecule has 5 heteroatoms. The highest BCUT2D eigenvalue weighted by Gasteiger charge is 2.21. The highest BCUT2D eigenvalue weighted by atomic mass is 16.2. The zero-order valence-electron chi connectivity index (χ0n) is 11.1. The zero-order valence-corrected chi connectivity index (χ0v) is 11.1. The topological polar surface area (TPSA) is 49.3 Å². The number of carbonyl (C=O) groups is 1. The molecular formula is C13H20N4O. The molecule has 0 aromatic carbocycles. The van der Waals surface area contributed by atoms with Crippen molar-refractivity contribution in [2.75, 3.05) is 31.1 Å². The minimum atomic E-state index is 0.0308. The third-order valence-electron chi connectivity index (χ3n) is 3.35. The van der Waals surface area contributed by atoms with Gasteiger partial charge in [0.2, 0.25) is 0 Å². The molecule has 2 heterocycles. The fraction of sp³-hybridized carbons (Fsp3) is 0.615. The monoisotopic (exact) mass is 248 g/mol. The van der Waals surface area contributed by atoms with Gasteiger partial charge < -0.3 is 9.80 Å². The first-order valence-electron chi connectivity index (χ1n) is 6.62. The molecule has 1 aromatic heterocycles. The van der Waals surface area contributed by atoms with Gasteiger partial charge in [-0.05, 0) is 26.7 Å². The number of hydrogen-bond donors (Lipinski definition) is 0. The molecule has 0 aliphatic carbocycles. The summed E-state index contributed by atoms with van der Waals surface area (Å²) in [7, 11) is 0. The Morgan fingerprint density at radius 2 is 1.94 bits per heavy atom. The third-order valence-corrected chi connectivity index (χ3v) is 3.35. The zero-order chi connectivity index (χ0) is 13.0. The van der Waals surface area contributed by atoms with Crippen molar-refractivity contribution in [3.63, 3.8) is 0 Å². The van der Waals surface area contributed by atoms with Gasteiger partial charge in [-0.15, -0.1) is 0 Å². The Kier molecular flexibility index (Phi) is 4.12. The summed E-state index contributed by atoms with van der Waals surface area (Å²) in [5.74, 6) is 0.862. The predicted molar refractivity (Wildman–Crippen MR) is 70.7 cm³/mol. The second-order valence-electron chi connectivity index (χ2n) is 4.43. The Morgan fingerprint density at radius 3 is 2.56 bits per heavy atom. The van der Waals surface area contributed by atoms with Crippen LogP contribution in [-0.4, -0.2) is 47.0 Å². The molecule has 1 saturated heterocycles. The van der Waals surface area contributed by atoms with Gasteiger partial charge in [-0.3, -0.25) is 4.79 Å². The van der Waals surface area contributed by atoms with Crippen LogP contribution in [0.1, 0.15) is 37.2 Å². The number of hydrogen-bond acceptors (Lipinski definition) is 4. The van der Waals surface area contributed by atoms with E-state index >= 15 is 0 Å². The molecule has 1 aliphatic heterocycles.